The number of aryl methyl sites for hydroxylation is 8. The van der Waals surface area contributed by atoms with Crippen LogP contribution in [0.25, 0.3) is 43.1 Å². The van der Waals surface area contributed by atoms with Crippen molar-refractivity contribution in [1.82, 2.24) is 0 Å². The molecule has 8 rings (SSSR count). The Morgan fingerprint density at radius 2 is 0.444 bits per heavy atom. The largest absolute Gasteiger partial charge is 3.00 e. The van der Waals surface area contributed by atoms with E-state index in [1.54, 1.807) is 0 Å². The maximum absolute atomic E-state index is 2.18. The number of hydrogen-bond acceptors (Lipinski definition) is 0. The Morgan fingerprint density at radius 1 is 0.296 bits per heavy atom. The topological polar surface area (TPSA) is 0 Å². The fourth-order valence-electron chi connectivity index (χ4n) is 6.15. The second-order valence-electron chi connectivity index (χ2n) is 13.2. The van der Waals surface area contributed by atoms with Crippen LogP contribution in [-0.2, 0) is 52.4 Å². The number of benzene rings is 4. The predicted octanol–water partition coefficient (Wildman–Crippen LogP) is 8.28. The molecule has 0 spiro atoms. The third-order valence-electron chi connectivity index (χ3n) is 9.00. The van der Waals surface area contributed by atoms with E-state index in [1.165, 1.54) is 87.6 Å². The summed E-state index contributed by atoms with van der Waals surface area (Å²) in [7, 11) is 2.17. The van der Waals surface area contributed by atoms with Crippen molar-refractivity contribution in [2.24, 2.45) is 0 Å². The normalized spacial score (nSPS) is 9.41. The third kappa shape index (κ3) is 14.9. The van der Waals surface area contributed by atoms with Gasteiger partial charge in [-0.15, -0.1) is 114 Å². The molecule has 0 nitrogen and oxygen atoms in total. The van der Waals surface area contributed by atoms with Gasteiger partial charge in [-0.05, 0) is 27.7 Å². The van der Waals surface area contributed by atoms with Crippen LogP contribution in [0.15, 0.2) is 121 Å². The van der Waals surface area contributed by atoms with Gasteiger partial charge >= 0.3 is 52.4 Å². The van der Waals surface area contributed by atoms with Crippen molar-refractivity contribution in [1.29, 1.82) is 0 Å². The summed E-state index contributed by atoms with van der Waals surface area (Å²) in [5.74, 6) is 0. The third-order valence-corrected chi connectivity index (χ3v) is 9.00. The molecule has 0 saturated heterocycles. The second kappa shape index (κ2) is 27.7. The van der Waals surface area contributed by atoms with Gasteiger partial charge in [-0.25, -0.2) is 0 Å². The van der Waals surface area contributed by atoms with Crippen LogP contribution < -0.4 is 24.8 Å². The number of rotatable bonds is 0. The first kappa shape index (κ1) is 54.2. The minimum absolute atomic E-state index is 0. The zero-order valence-corrected chi connectivity index (χ0v) is 42.7. The monoisotopic (exact) mass is 938 g/mol. The van der Waals surface area contributed by atoms with Gasteiger partial charge in [0.25, 0.3) is 0 Å². The van der Waals surface area contributed by atoms with E-state index in [0.29, 0.717) is 0 Å². The first-order chi connectivity index (χ1) is 24.0. The van der Waals surface area contributed by atoms with Gasteiger partial charge in [0, 0.05) is 19.0 Å². The maximum atomic E-state index is 2.18. The van der Waals surface area contributed by atoms with Gasteiger partial charge in [0.05, 0.1) is 0 Å². The molecule has 0 heterocycles. The summed E-state index contributed by atoms with van der Waals surface area (Å²) in [4.78, 5) is 0. The molecule has 0 N–H and O–H groups in total. The van der Waals surface area contributed by atoms with Crippen LogP contribution in [0.3, 0.4) is 0 Å². The van der Waals surface area contributed by atoms with Crippen LogP contribution in [0.1, 0.15) is 44.5 Å². The summed E-state index contributed by atoms with van der Waals surface area (Å²) in [6, 6.07) is 43.3. The molecule has 0 aliphatic carbocycles. The van der Waals surface area contributed by atoms with E-state index in [0.717, 1.165) is 19.0 Å². The molecule has 8 aromatic rings. The number of fused-ring (bicyclic) bond motifs is 4. The van der Waals surface area contributed by atoms with Crippen molar-refractivity contribution in [3.8, 4) is 0 Å². The van der Waals surface area contributed by atoms with Crippen LogP contribution >= 0.6 is 0 Å². The second-order valence-corrected chi connectivity index (χ2v) is 15.2. The number of halogens is 2. The Balaban J connectivity index is 0. The van der Waals surface area contributed by atoms with Gasteiger partial charge < -0.3 is 24.8 Å². The zero-order chi connectivity index (χ0) is 36.8. The molecule has 0 aliphatic rings. The fourth-order valence-corrected chi connectivity index (χ4v) is 6.15. The van der Waals surface area contributed by atoms with E-state index < -0.39 is 0 Å². The van der Waals surface area contributed by atoms with E-state index >= 15 is 0 Å². The zero-order valence-electron chi connectivity index (χ0n) is 34.3. The maximum Gasteiger partial charge on any atom is 3.00 e. The SMILES string of the molecule is C[Si]C.C[Si]C.Cc1ccc(C)c2[cH-]ccc12.Cc1ccc(C)c2[cH-]ccc12.Cc1ccc(C)c2[cH-]ccc12.Cc1ccc(C)c2[cH-]ccc12.[Cl-].[Cl-].[Zr+3].[Zr+3]. The van der Waals surface area contributed by atoms with Gasteiger partial charge in [-0.1, -0.05) is 100 Å². The van der Waals surface area contributed by atoms with Crippen LogP contribution in [0.2, 0.25) is 26.2 Å². The Hall–Kier alpha value is -1.90. The predicted molar refractivity (Wildman–Crippen MR) is 231 cm³/mol. The molecular formula is C48H56Cl2Si2Zr2. The molecule has 54 heavy (non-hydrogen) atoms. The molecule has 0 aromatic heterocycles. The van der Waals surface area contributed by atoms with Gasteiger partial charge in [-0.3, -0.25) is 0 Å². The molecule has 0 amide bonds. The van der Waals surface area contributed by atoms with Crippen molar-refractivity contribution < 1.29 is 77.2 Å². The quantitative estimate of drug-likeness (QED) is 0.106. The summed E-state index contributed by atoms with van der Waals surface area (Å²) >= 11 is 0. The van der Waals surface area contributed by atoms with E-state index in [1.807, 2.05) is 0 Å². The molecule has 6 heteroatoms. The molecule has 0 fully saturated rings. The summed E-state index contributed by atoms with van der Waals surface area (Å²) in [5.41, 5.74) is 11.0. The van der Waals surface area contributed by atoms with Crippen LogP contribution in [0, 0.1) is 55.4 Å². The summed E-state index contributed by atoms with van der Waals surface area (Å²) in [6.45, 7) is 25.8. The van der Waals surface area contributed by atoms with Crippen LogP contribution in [0.5, 0.6) is 0 Å². The van der Waals surface area contributed by atoms with Crippen LogP contribution in [-0.4, -0.2) is 19.0 Å². The molecule has 0 atom stereocenters. The van der Waals surface area contributed by atoms with Gasteiger partial charge in [0.1, 0.15) is 0 Å². The Kier molecular flexibility index (Phi) is 27.8. The molecular weight excluding hydrogens is 886 g/mol. The fraction of sp³-hybridized carbons (Fsp3) is 0.250. The minimum atomic E-state index is 0. The van der Waals surface area contributed by atoms with Crippen molar-refractivity contribution >= 4 is 62.1 Å². The Labute approximate surface area is 383 Å². The average molecular weight is 943 g/mol. The average Bonchev–Trinajstić information content (AvgIpc) is 3.93. The van der Waals surface area contributed by atoms with Crippen molar-refractivity contribution in [3.05, 3.63) is 166 Å². The summed E-state index contributed by atoms with van der Waals surface area (Å²) in [6.07, 6.45) is 0. The molecule has 0 bridgehead atoms. The van der Waals surface area contributed by atoms with Gasteiger partial charge in [0.15, 0.2) is 0 Å². The van der Waals surface area contributed by atoms with E-state index in [2.05, 4.69) is 203 Å². The Morgan fingerprint density at radius 3 is 0.593 bits per heavy atom. The first-order valence-corrected chi connectivity index (χ1v) is 21.6. The number of hydrogen-bond donors (Lipinski definition) is 0. The molecule has 8 aromatic carbocycles. The van der Waals surface area contributed by atoms with E-state index in [-0.39, 0.29) is 77.2 Å². The molecule has 278 valence electrons. The van der Waals surface area contributed by atoms with Crippen LogP contribution in [0.4, 0.5) is 0 Å². The van der Waals surface area contributed by atoms with Crippen molar-refractivity contribution in [2.45, 2.75) is 81.6 Å². The molecule has 6 radical (unpaired) electrons. The minimum Gasteiger partial charge on any atom is -1.00 e. The van der Waals surface area contributed by atoms with Crippen molar-refractivity contribution in [2.75, 3.05) is 0 Å². The standard InChI is InChI=1S/4C11H11.2C2H6Si.2ClH.2Zr/c4*1-8-6-7-9(2)11-5-3-4-10(8)11;2*1-3-2;;;;/h4*3-7H,1-2H3;2*1-2H3;2*1H;;/q4*-1;;;;;2*+3/p-2. The molecule has 0 unspecified atom stereocenters. The Bertz CT molecular complexity index is 1760. The first-order valence-electron chi connectivity index (χ1n) is 17.6. The van der Waals surface area contributed by atoms with E-state index in [9.17, 15) is 0 Å². The van der Waals surface area contributed by atoms with Crippen molar-refractivity contribution in [3.63, 3.8) is 0 Å². The van der Waals surface area contributed by atoms with Gasteiger partial charge in [0.2, 0.25) is 0 Å². The smallest absolute Gasteiger partial charge is 1.00 e. The molecule has 0 saturated carbocycles. The van der Waals surface area contributed by atoms with E-state index in [4.69, 9.17) is 0 Å². The molecule has 0 aliphatic heterocycles. The van der Waals surface area contributed by atoms with Gasteiger partial charge in [-0.2, -0.15) is 48.5 Å². The summed E-state index contributed by atoms with van der Waals surface area (Å²) in [5, 5.41) is 11.1. The summed E-state index contributed by atoms with van der Waals surface area (Å²) < 4.78 is 0.